The average Bonchev–Trinajstić information content (AvgIpc) is 2.93. The molecular weight excluding hydrogens is 470 g/mol. The number of nitrogens with zero attached hydrogens (tertiary/aromatic N) is 7. The molecule has 1 aliphatic carbocycles. The molecule has 1 heterocycles. The first-order valence-corrected chi connectivity index (χ1v) is 11.5. The molecule has 1 fully saturated rings. The second-order valence-corrected chi connectivity index (χ2v) is 8.09. The van der Waals surface area contributed by atoms with E-state index < -0.39 is 38.5 Å². The first-order chi connectivity index (χ1) is 17.5. The lowest BCUT2D eigenvalue weighted by Gasteiger charge is -2.36. The number of aromatic nitrogens is 1. The van der Waals surface area contributed by atoms with Gasteiger partial charge in [-0.3, -0.25) is 4.98 Å². The van der Waals surface area contributed by atoms with Crippen molar-refractivity contribution < 1.29 is 29.5 Å². The Kier molecular flexibility index (Phi) is 11.6. The van der Waals surface area contributed by atoms with Crippen LogP contribution in [0.1, 0.15) is 43.7 Å². The van der Waals surface area contributed by atoms with Crippen molar-refractivity contribution in [2.45, 2.75) is 56.7 Å². The van der Waals surface area contributed by atoms with Crippen LogP contribution >= 0.6 is 0 Å². The van der Waals surface area contributed by atoms with Gasteiger partial charge in [-0.1, -0.05) is 19.3 Å². The molecule has 13 heteroatoms. The Morgan fingerprint density at radius 1 is 0.806 bits per heavy atom. The molecule has 3 N–H and O–H groups in total. The fourth-order valence-corrected chi connectivity index (χ4v) is 4.40. The monoisotopic (exact) mass is 503 g/mol. The Morgan fingerprint density at radius 2 is 1.25 bits per heavy atom. The van der Waals surface area contributed by atoms with Gasteiger partial charge in [0.15, 0.2) is 37.3 Å². The van der Waals surface area contributed by atoms with Gasteiger partial charge in [-0.2, -0.15) is 15.8 Å². The third-order valence-corrected chi connectivity index (χ3v) is 6.24. The lowest BCUT2D eigenvalue weighted by molar-refractivity contribution is 0.0503. The summed E-state index contributed by atoms with van der Waals surface area (Å²) < 4.78 is 15.9. The van der Waals surface area contributed by atoms with Gasteiger partial charge in [0.25, 0.3) is 0 Å². The van der Waals surface area contributed by atoms with Crippen LogP contribution in [0.3, 0.4) is 0 Å². The first kappa shape index (κ1) is 29.0. The highest BCUT2D eigenvalue weighted by Crippen LogP contribution is 2.47. The summed E-state index contributed by atoms with van der Waals surface area (Å²) in [7, 11) is 3.93. The van der Waals surface area contributed by atoms with Gasteiger partial charge in [-0.25, -0.2) is 14.7 Å². The van der Waals surface area contributed by atoms with Crippen LogP contribution in [0.15, 0.2) is 6.20 Å². The summed E-state index contributed by atoms with van der Waals surface area (Å²) in [6.45, 7) is -1.72. The molecule has 0 aliphatic heterocycles. The van der Waals surface area contributed by atoms with E-state index in [2.05, 4.69) is 4.98 Å². The highest BCUT2D eigenvalue weighted by Gasteiger charge is 2.37. The standard InChI is InChI=1S/C23H33N7O6/c1-34-18(10-31)28(13-24)17-9-27-21(16-7-5-4-6-8-16)23(30(15-26)20(12-33)36-3)22(17)29(14-25)19(11-32)35-2/h9,16,18-20,31-33H,4-8,10-12H2,1-3H3. The lowest BCUT2D eigenvalue weighted by Crippen LogP contribution is -2.43. The Balaban J connectivity index is 3.02. The van der Waals surface area contributed by atoms with Gasteiger partial charge in [-0.15, -0.1) is 0 Å². The fraction of sp³-hybridized carbons (Fsp3) is 0.652. The maximum absolute atomic E-state index is 10.2. The van der Waals surface area contributed by atoms with Crippen molar-refractivity contribution in [1.29, 1.82) is 15.8 Å². The van der Waals surface area contributed by atoms with Crippen LogP contribution in [0.5, 0.6) is 0 Å². The summed E-state index contributed by atoms with van der Waals surface area (Å²) in [5, 5.41) is 60.1. The molecule has 3 unspecified atom stereocenters. The minimum Gasteiger partial charge on any atom is -0.392 e. The van der Waals surface area contributed by atoms with Gasteiger partial charge < -0.3 is 29.5 Å². The van der Waals surface area contributed by atoms with Crippen LogP contribution in [0.25, 0.3) is 0 Å². The summed E-state index contributed by atoms with van der Waals surface area (Å²) >= 11 is 0. The molecule has 0 aromatic carbocycles. The Hall–Kier alpha value is -3.22. The molecule has 1 aromatic heterocycles. The Labute approximate surface area is 210 Å². The van der Waals surface area contributed by atoms with E-state index in [9.17, 15) is 31.1 Å². The summed E-state index contributed by atoms with van der Waals surface area (Å²) in [6, 6.07) is 0. The molecule has 2 rings (SSSR count). The molecule has 1 aromatic rings. The number of ether oxygens (including phenoxy) is 3. The Bertz CT molecular complexity index is 957. The molecule has 196 valence electrons. The zero-order valence-corrected chi connectivity index (χ0v) is 20.7. The van der Waals surface area contributed by atoms with E-state index in [1.54, 1.807) is 0 Å². The number of anilines is 3. The molecule has 0 amide bonds. The number of rotatable bonds is 13. The van der Waals surface area contributed by atoms with E-state index in [0.717, 1.165) is 46.8 Å². The van der Waals surface area contributed by atoms with Gasteiger partial charge >= 0.3 is 0 Å². The highest BCUT2D eigenvalue weighted by atomic mass is 16.5. The smallest absolute Gasteiger partial charge is 0.186 e. The van der Waals surface area contributed by atoms with Crippen molar-refractivity contribution in [2.75, 3.05) is 55.8 Å². The van der Waals surface area contributed by atoms with Crippen LogP contribution in [-0.4, -0.2) is 80.1 Å². The van der Waals surface area contributed by atoms with Crippen molar-refractivity contribution in [1.82, 2.24) is 4.98 Å². The van der Waals surface area contributed by atoms with Crippen LogP contribution in [0.4, 0.5) is 17.1 Å². The fourth-order valence-electron chi connectivity index (χ4n) is 4.40. The van der Waals surface area contributed by atoms with Crippen molar-refractivity contribution >= 4 is 17.1 Å². The molecule has 0 spiro atoms. The van der Waals surface area contributed by atoms with Gasteiger partial charge in [0.2, 0.25) is 0 Å². The molecule has 1 saturated carbocycles. The number of aliphatic hydroxyl groups excluding tert-OH is 3. The van der Waals surface area contributed by atoms with E-state index in [1.165, 1.54) is 27.5 Å². The van der Waals surface area contributed by atoms with Crippen molar-refractivity contribution in [3.63, 3.8) is 0 Å². The predicted octanol–water partition coefficient (Wildman–Crippen LogP) is 0.886. The third-order valence-electron chi connectivity index (χ3n) is 6.24. The van der Waals surface area contributed by atoms with Crippen molar-refractivity contribution in [2.24, 2.45) is 0 Å². The van der Waals surface area contributed by atoms with Crippen molar-refractivity contribution in [3.8, 4) is 18.6 Å². The van der Waals surface area contributed by atoms with E-state index in [-0.39, 0.29) is 23.0 Å². The van der Waals surface area contributed by atoms with Crippen LogP contribution in [-0.2, 0) is 14.2 Å². The van der Waals surface area contributed by atoms with E-state index in [4.69, 9.17) is 14.2 Å². The van der Waals surface area contributed by atoms with Gasteiger partial charge in [-0.05, 0) is 12.8 Å². The number of aliphatic hydroxyl groups is 3. The minimum absolute atomic E-state index is 0.0167. The molecule has 0 radical (unpaired) electrons. The van der Waals surface area contributed by atoms with Crippen LogP contribution < -0.4 is 14.7 Å². The predicted molar refractivity (Wildman–Crippen MR) is 128 cm³/mol. The second-order valence-electron chi connectivity index (χ2n) is 8.09. The zero-order valence-electron chi connectivity index (χ0n) is 20.7. The molecule has 0 saturated heterocycles. The summed E-state index contributed by atoms with van der Waals surface area (Å²) in [6.07, 6.45) is 8.40. The summed E-state index contributed by atoms with van der Waals surface area (Å²) in [5.41, 5.74) is 0.656. The third kappa shape index (κ3) is 5.94. The average molecular weight is 504 g/mol. The normalized spacial score (nSPS) is 16.2. The first-order valence-electron chi connectivity index (χ1n) is 11.5. The summed E-state index contributed by atoms with van der Waals surface area (Å²) in [4.78, 5) is 7.77. The molecule has 13 nitrogen and oxygen atoms in total. The van der Waals surface area contributed by atoms with E-state index in [0.29, 0.717) is 5.69 Å². The quantitative estimate of drug-likeness (QED) is 0.196. The number of pyridine rings is 1. The number of hydrogen-bond acceptors (Lipinski definition) is 13. The largest absolute Gasteiger partial charge is 0.392 e. The SMILES string of the molecule is COC(CO)N(C#N)c1cnc(C2CCCCC2)c(N(C#N)C(CO)OC)c1N(C#N)C(CO)OC. The number of hydrogen-bond donors (Lipinski definition) is 3. The van der Waals surface area contributed by atoms with Gasteiger partial charge in [0, 0.05) is 27.2 Å². The highest BCUT2D eigenvalue weighted by molar-refractivity contribution is 5.89. The van der Waals surface area contributed by atoms with Gasteiger partial charge in [0.05, 0.1) is 37.4 Å². The molecule has 36 heavy (non-hydrogen) atoms. The van der Waals surface area contributed by atoms with Crippen LogP contribution in [0.2, 0.25) is 0 Å². The molecule has 3 atom stereocenters. The minimum atomic E-state index is -1.18. The van der Waals surface area contributed by atoms with Crippen LogP contribution in [0, 0.1) is 34.4 Å². The molecule has 1 aliphatic rings. The number of methoxy groups -OCH3 is 3. The lowest BCUT2D eigenvalue weighted by atomic mass is 9.85. The zero-order chi connectivity index (χ0) is 26.7. The second kappa shape index (κ2) is 14.4. The van der Waals surface area contributed by atoms with E-state index >= 15 is 0 Å². The van der Waals surface area contributed by atoms with Gasteiger partial charge in [0.1, 0.15) is 11.4 Å². The number of nitriles is 3. The maximum atomic E-state index is 10.2. The molecule has 0 bridgehead atoms. The molecular formula is C23H33N7O6. The van der Waals surface area contributed by atoms with Crippen molar-refractivity contribution in [3.05, 3.63) is 11.9 Å². The summed E-state index contributed by atoms with van der Waals surface area (Å²) in [5.74, 6) is -0.0733. The topological polar surface area (TPSA) is 182 Å². The Morgan fingerprint density at radius 3 is 1.67 bits per heavy atom. The van der Waals surface area contributed by atoms with E-state index in [1.807, 2.05) is 18.6 Å². The maximum Gasteiger partial charge on any atom is 0.186 e.